The minimum absolute atomic E-state index is 0.0252. The van der Waals surface area contributed by atoms with Crippen molar-refractivity contribution in [1.29, 1.82) is 0 Å². The number of benzene rings is 2. The predicted octanol–water partition coefficient (Wildman–Crippen LogP) is 2.56. The van der Waals surface area contributed by atoms with E-state index in [1.165, 1.54) is 4.31 Å². The summed E-state index contributed by atoms with van der Waals surface area (Å²) in [6, 6.07) is 16.7. The molecule has 0 radical (unpaired) electrons. The van der Waals surface area contributed by atoms with E-state index in [4.69, 9.17) is 0 Å². The zero-order chi connectivity index (χ0) is 25.4. The van der Waals surface area contributed by atoms with Crippen LogP contribution in [0.3, 0.4) is 0 Å². The summed E-state index contributed by atoms with van der Waals surface area (Å²) >= 11 is 0. The molecule has 2 aromatic carbocycles. The van der Waals surface area contributed by atoms with Gasteiger partial charge in [0.15, 0.2) is 0 Å². The third-order valence-corrected chi connectivity index (χ3v) is 9.02. The molecule has 2 amide bonds. The smallest absolute Gasteiger partial charge is 0.250 e. The van der Waals surface area contributed by atoms with Crippen LogP contribution in [0.4, 0.5) is 5.69 Å². The van der Waals surface area contributed by atoms with Gasteiger partial charge in [-0.2, -0.15) is 4.31 Å². The number of amides is 2. The molecule has 8 nitrogen and oxygen atoms in total. The number of carbonyl (C=O) groups excluding carboxylic acids is 2. The molecule has 2 saturated heterocycles. The molecule has 9 heteroatoms. The van der Waals surface area contributed by atoms with Gasteiger partial charge in [-0.3, -0.25) is 9.59 Å². The Morgan fingerprint density at radius 2 is 1.60 bits per heavy atom. The fourth-order valence-electron chi connectivity index (χ4n) is 4.95. The predicted molar refractivity (Wildman–Crippen MR) is 135 cm³/mol. The first-order valence-electron chi connectivity index (χ1n) is 11.9. The summed E-state index contributed by atoms with van der Waals surface area (Å²) in [6.45, 7) is 6.99. The average Bonchev–Trinajstić information content (AvgIpc) is 3.10. The van der Waals surface area contributed by atoms with Gasteiger partial charge in [-0.05, 0) is 48.1 Å². The Hall–Kier alpha value is -2.91. The molecular weight excluding hydrogens is 464 g/mol. The number of likely N-dealkylation sites (N-methyl/N-ethyl adjacent to an activating group) is 1. The lowest BCUT2D eigenvalue weighted by Crippen LogP contribution is -2.57. The molecule has 4 rings (SSSR count). The first-order valence-corrected chi connectivity index (χ1v) is 13.4. The Kier molecular flexibility index (Phi) is 6.68. The Labute approximate surface area is 207 Å². The Morgan fingerprint density at radius 1 is 1.00 bits per heavy atom. The molecule has 0 bridgehead atoms. The maximum atomic E-state index is 13.6. The van der Waals surface area contributed by atoms with Crippen molar-refractivity contribution in [2.24, 2.45) is 0 Å². The molecule has 0 aromatic heterocycles. The highest BCUT2D eigenvalue weighted by Crippen LogP contribution is 2.40. The summed E-state index contributed by atoms with van der Waals surface area (Å²) in [5.41, 5.74) is 1.01. The SMILES string of the molecule is CNC(=O)CN1CN(c2ccccc2)C2(CCN(S(=O)(=O)c3ccc(C(C)(C)C)cc3)CC2)C1=O. The van der Waals surface area contributed by atoms with Gasteiger partial charge >= 0.3 is 0 Å². The third-order valence-electron chi connectivity index (χ3n) is 7.10. The highest BCUT2D eigenvalue weighted by Gasteiger charge is 2.55. The van der Waals surface area contributed by atoms with Gasteiger partial charge in [-0.1, -0.05) is 51.1 Å². The minimum atomic E-state index is -3.68. The summed E-state index contributed by atoms with van der Waals surface area (Å²) < 4.78 is 28.3. The molecule has 2 heterocycles. The number of nitrogens with one attached hydrogen (secondary N) is 1. The van der Waals surface area contributed by atoms with Gasteiger partial charge in [0, 0.05) is 25.8 Å². The van der Waals surface area contributed by atoms with Crippen LogP contribution in [-0.4, -0.2) is 68.3 Å². The summed E-state index contributed by atoms with van der Waals surface area (Å²) in [6.07, 6.45) is 0.703. The molecule has 0 aliphatic carbocycles. The number of anilines is 1. The Bertz CT molecular complexity index is 1180. The third kappa shape index (κ3) is 4.67. The van der Waals surface area contributed by atoms with Crippen molar-refractivity contribution >= 4 is 27.5 Å². The van der Waals surface area contributed by atoms with E-state index in [2.05, 4.69) is 26.1 Å². The van der Waals surface area contributed by atoms with Gasteiger partial charge in [0.2, 0.25) is 21.8 Å². The van der Waals surface area contributed by atoms with E-state index in [0.717, 1.165) is 11.3 Å². The van der Waals surface area contributed by atoms with E-state index in [0.29, 0.717) is 12.8 Å². The molecular formula is C26H34N4O4S. The van der Waals surface area contributed by atoms with Crippen molar-refractivity contribution in [2.45, 2.75) is 49.5 Å². The average molecular weight is 499 g/mol. The van der Waals surface area contributed by atoms with Crippen LogP contribution in [-0.2, 0) is 25.0 Å². The normalized spacial score (nSPS) is 18.8. The number of sulfonamides is 1. The van der Waals surface area contributed by atoms with Crippen LogP contribution in [0.1, 0.15) is 39.2 Å². The molecule has 2 aliphatic heterocycles. The maximum Gasteiger partial charge on any atom is 0.250 e. The van der Waals surface area contributed by atoms with Crippen LogP contribution in [0.5, 0.6) is 0 Å². The van der Waals surface area contributed by atoms with Gasteiger partial charge in [0.05, 0.1) is 11.6 Å². The Balaban J connectivity index is 1.58. The quantitative estimate of drug-likeness (QED) is 0.684. The van der Waals surface area contributed by atoms with E-state index in [1.807, 2.05) is 47.4 Å². The minimum Gasteiger partial charge on any atom is -0.358 e. The molecule has 2 aromatic rings. The fourth-order valence-corrected chi connectivity index (χ4v) is 6.39. The number of hydrogen-bond donors (Lipinski definition) is 1. The maximum absolute atomic E-state index is 13.6. The van der Waals surface area contributed by atoms with Crippen LogP contribution in [0.2, 0.25) is 0 Å². The summed E-state index contributed by atoms with van der Waals surface area (Å²) in [4.78, 5) is 29.5. The lowest BCUT2D eigenvalue weighted by atomic mass is 9.86. The van der Waals surface area contributed by atoms with Crippen LogP contribution in [0.15, 0.2) is 59.5 Å². The monoisotopic (exact) mass is 498 g/mol. The highest BCUT2D eigenvalue weighted by atomic mass is 32.2. The lowest BCUT2D eigenvalue weighted by molar-refractivity contribution is -0.136. The highest BCUT2D eigenvalue weighted by molar-refractivity contribution is 7.89. The van der Waals surface area contributed by atoms with Crippen molar-refractivity contribution in [3.63, 3.8) is 0 Å². The summed E-state index contributed by atoms with van der Waals surface area (Å²) in [5.74, 6) is -0.362. The molecule has 2 fully saturated rings. The van der Waals surface area contributed by atoms with Crippen molar-refractivity contribution in [3.8, 4) is 0 Å². The van der Waals surface area contributed by atoms with Gasteiger partial charge in [0.1, 0.15) is 12.1 Å². The van der Waals surface area contributed by atoms with E-state index < -0.39 is 15.6 Å². The molecule has 0 saturated carbocycles. The largest absolute Gasteiger partial charge is 0.358 e. The van der Waals surface area contributed by atoms with Crippen molar-refractivity contribution < 1.29 is 18.0 Å². The molecule has 0 unspecified atom stereocenters. The lowest BCUT2D eigenvalue weighted by Gasteiger charge is -2.42. The van der Waals surface area contributed by atoms with E-state index in [1.54, 1.807) is 24.1 Å². The molecule has 1 spiro atoms. The first-order chi connectivity index (χ1) is 16.5. The van der Waals surface area contributed by atoms with E-state index in [-0.39, 0.29) is 48.4 Å². The standard InChI is InChI=1S/C26H34N4O4S/c1-25(2,3)20-10-12-22(13-11-20)35(33,34)29-16-14-26(15-17-29)24(32)28(18-23(31)27-4)19-30(26)21-8-6-5-7-9-21/h5-13H,14-19H2,1-4H3,(H,27,31). The molecule has 0 atom stereocenters. The first kappa shape index (κ1) is 25.2. The van der Waals surface area contributed by atoms with Crippen LogP contribution >= 0.6 is 0 Å². The Morgan fingerprint density at radius 3 is 2.14 bits per heavy atom. The summed E-state index contributed by atoms with van der Waals surface area (Å²) in [5, 5.41) is 2.58. The van der Waals surface area contributed by atoms with E-state index in [9.17, 15) is 18.0 Å². The number of para-hydroxylation sites is 1. The van der Waals surface area contributed by atoms with Gasteiger partial charge in [0.25, 0.3) is 0 Å². The van der Waals surface area contributed by atoms with Crippen molar-refractivity contribution in [2.75, 3.05) is 38.3 Å². The van der Waals surface area contributed by atoms with Crippen LogP contribution in [0.25, 0.3) is 0 Å². The number of hydrogen-bond acceptors (Lipinski definition) is 5. The van der Waals surface area contributed by atoms with Crippen LogP contribution < -0.4 is 10.2 Å². The molecule has 188 valence electrons. The van der Waals surface area contributed by atoms with Gasteiger partial charge in [-0.25, -0.2) is 8.42 Å². The second kappa shape index (κ2) is 9.28. The summed E-state index contributed by atoms with van der Waals surface area (Å²) in [7, 11) is -2.13. The van der Waals surface area contributed by atoms with Gasteiger partial charge in [-0.15, -0.1) is 0 Å². The number of carbonyl (C=O) groups is 2. The topological polar surface area (TPSA) is 90.0 Å². The van der Waals surface area contributed by atoms with Crippen molar-refractivity contribution in [1.82, 2.24) is 14.5 Å². The second-order valence-electron chi connectivity index (χ2n) is 10.3. The second-order valence-corrected chi connectivity index (χ2v) is 12.2. The number of rotatable bonds is 5. The molecule has 35 heavy (non-hydrogen) atoms. The fraction of sp³-hybridized carbons (Fsp3) is 0.462. The van der Waals surface area contributed by atoms with E-state index >= 15 is 0 Å². The molecule has 2 aliphatic rings. The number of piperidine rings is 1. The zero-order valence-corrected chi connectivity index (χ0v) is 21.6. The molecule has 1 N–H and O–H groups in total. The van der Waals surface area contributed by atoms with Crippen molar-refractivity contribution in [3.05, 3.63) is 60.2 Å². The van der Waals surface area contributed by atoms with Crippen LogP contribution in [0, 0.1) is 0 Å². The number of nitrogens with zero attached hydrogens (tertiary/aromatic N) is 3. The van der Waals surface area contributed by atoms with Gasteiger partial charge < -0.3 is 15.1 Å². The zero-order valence-electron chi connectivity index (χ0n) is 20.8.